The van der Waals surface area contributed by atoms with Gasteiger partial charge in [0.2, 0.25) is 5.88 Å². The number of aromatic nitrogens is 2. The lowest BCUT2D eigenvalue weighted by atomic mass is 10.2. The number of aryl methyl sites for hydroxylation is 2. The van der Waals surface area contributed by atoms with E-state index >= 15 is 0 Å². The van der Waals surface area contributed by atoms with Crippen LogP contribution in [0.5, 0.6) is 5.88 Å². The second-order valence-corrected chi connectivity index (χ2v) is 2.51. The maximum absolute atomic E-state index is 4.98. The van der Waals surface area contributed by atoms with Gasteiger partial charge in [-0.05, 0) is 12.8 Å². The van der Waals surface area contributed by atoms with Crippen molar-refractivity contribution < 1.29 is 4.74 Å². The first-order valence-corrected chi connectivity index (χ1v) is 4.20. The minimum Gasteiger partial charge on any atom is -0.480 e. The molecule has 66 valence electrons. The van der Waals surface area contributed by atoms with E-state index in [1.54, 1.807) is 13.3 Å². The molecule has 0 N–H and O–H groups in total. The third kappa shape index (κ3) is 1.72. The highest BCUT2D eigenvalue weighted by atomic mass is 16.5. The lowest BCUT2D eigenvalue weighted by molar-refractivity contribution is 0.393. The number of rotatable bonds is 3. The molecule has 0 amide bonds. The molecule has 12 heavy (non-hydrogen) atoms. The monoisotopic (exact) mass is 166 g/mol. The molecule has 3 nitrogen and oxygen atoms in total. The maximum Gasteiger partial charge on any atom is 0.232 e. The lowest BCUT2D eigenvalue weighted by Gasteiger charge is -2.04. The molecule has 0 fully saturated rings. The van der Waals surface area contributed by atoms with E-state index in [0.29, 0.717) is 5.88 Å². The summed E-state index contributed by atoms with van der Waals surface area (Å²) in [5.41, 5.74) is 2.11. The van der Waals surface area contributed by atoms with Gasteiger partial charge in [-0.2, -0.15) is 0 Å². The summed E-state index contributed by atoms with van der Waals surface area (Å²) < 4.78 is 4.98. The van der Waals surface area contributed by atoms with E-state index < -0.39 is 0 Å². The Balaban J connectivity index is 3.02. The molecule has 3 heteroatoms. The summed E-state index contributed by atoms with van der Waals surface area (Å²) in [6, 6.07) is 0. The molecular formula is C9H14N2O. The van der Waals surface area contributed by atoms with E-state index in [4.69, 9.17) is 4.74 Å². The van der Waals surface area contributed by atoms with Crippen molar-refractivity contribution in [3.63, 3.8) is 0 Å². The molecule has 0 bridgehead atoms. The van der Waals surface area contributed by atoms with E-state index in [2.05, 4.69) is 23.8 Å². The molecule has 0 aliphatic heterocycles. The van der Waals surface area contributed by atoms with Gasteiger partial charge in [-0.3, -0.25) is 4.98 Å². The zero-order valence-corrected chi connectivity index (χ0v) is 7.79. The molecular weight excluding hydrogens is 152 g/mol. The van der Waals surface area contributed by atoms with Gasteiger partial charge in [0.1, 0.15) is 0 Å². The van der Waals surface area contributed by atoms with E-state index in [1.165, 1.54) is 0 Å². The number of hydrogen-bond donors (Lipinski definition) is 0. The third-order valence-electron chi connectivity index (χ3n) is 1.79. The van der Waals surface area contributed by atoms with E-state index in [1.807, 2.05) is 0 Å². The summed E-state index contributed by atoms with van der Waals surface area (Å²) in [7, 11) is 1.61. The number of nitrogens with zero attached hydrogens (tertiary/aromatic N) is 2. The third-order valence-corrected chi connectivity index (χ3v) is 1.79. The Morgan fingerprint density at radius 2 is 1.92 bits per heavy atom. The van der Waals surface area contributed by atoms with Crippen molar-refractivity contribution in [3.05, 3.63) is 17.6 Å². The van der Waals surface area contributed by atoms with Crippen molar-refractivity contribution in [1.82, 2.24) is 9.97 Å². The van der Waals surface area contributed by atoms with Crippen LogP contribution in [0.1, 0.15) is 25.2 Å². The molecule has 0 atom stereocenters. The smallest absolute Gasteiger partial charge is 0.232 e. The molecule has 0 saturated heterocycles. The Morgan fingerprint density at radius 1 is 1.25 bits per heavy atom. The van der Waals surface area contributed by atoms with Crippen molar-refractivity contribution in [2.75, 3.05) is 7.11 Å². The SMILES string of the molecule is CCc1ncc(OC)nc1CC. The van der Waals surface area contributed by atoms with Crippen LogP contribution in [0, 0.1) is 0 Å². The van der Waals surface area contributed by atoms with Gasteiger partial charge in [-0.25, -0.2) is 4.98 Å². The largest absolute Gasteiger partial charge is 0.480 e. The standard InChI is InChI=1S/C9H14N2O/c1-4-7-8(5-2)11-9(12-3)6-10-7/h6H,4-5H2,1-3H3. The second kappa shape index (κ2) is 4.04. The minimum atomic E-state index is 0.601. The second-order valence-electron chi connectivity index (χ2n) is 2.51. The highest BCUT2D eigenvalue weighted by molar-refractivity contribution is 5.16. The van der Waals surface area contributed by atoms with Crippen LogP contribution >= 0.6 is 0 Å². The van der Waals surface area contributed by atoms with Crippen LogP contribution in [-0.2, 0) is 12.8 Å². The van der Waals surface area contributed by atoms with Crippen LogP contribution in [-0.4, -0.2) is 17.1 Å². The first kappa shape index (κ1) is 8.97. The average molecular weight is 166 g/mol. The number of hydrogen-bond acceptors (Lipinski definition) is 3. The molecule has 0 unspecified atom stereocenters. The molecule has 0 radical (unpaired) electrons. The zero-order chi connectivity index (χ0) is 8.97. The maximum atomic E-state index is 4.98. The van der Waals surface area contributed by atoms with Gasteiger partial charge < -0.3 is 4.74 Å². The molecule has 1 aromatic heterocycles. The number of ether oxygens (including phenoxy) is 1. The van der Waals surface area contributed by atoms with Gasteiger partial charge in [0.15, 0.2) is 0 Å². The van der Waals surface area contributed by atoms with Crippen LogP contribution < -0.4 is 4.74 Å². The normalized spacial score (nSPS) is 9.92. The summed E-state index contributed by atoms with van der Waals surface area (Å²) in [6.07, 6.45) is 3.51. The summed E-state index contributed by atoms with van der Waals surface area (Å²) >= 11 is 0. The van der Waals surface area contributed by atoms with Gasteiger partial charge >= 0.3 is 0 Å². The first-order valence-electron chi connectivity index (χ1n) is 4.20. The van der Waals surface area contributed by atoms with Crippen molar-refractivity contribution >= 4 is 0 Å². The summed E-state index contributed by atoms with van der Waals surface area (Å²) in [5.74, 6) is 0.601. The predicted octanol–water partition coefficient (Wildman–Crippen LogP) is 1.61. The minimum absolute atomic E-state index is 0.601. The molecule has 1 rings (SSSR count). The quantitative estimate of drug-likeness (QED) is 0.684. The van der Waals surface area contributed by atoms with Crippen LogP contribution in [0.2, 0.25) is 0 Å². The fourth-order valence-electron chi connectivity index (χ4n) is 1.11. The summed E-state index contributed by atoms with van der Waals surface area (Å²) in [4.78, 5) is 8.55. The Kier molecular flexibility index (Phi) is 3.02. The van der Waals surface area contributed by atoms with E-state index in [-0.39, 0.29) is 0 Å². The predicted molar refractivity (Wildman–Crippen MR) is 47.3 cm³/mol. The highest BCUT2D eigenvalue weighted by Crippen LogP contribution is 2.10. The molecule has 1 heterocycles. The van der Waals surface area contributed by atoms with E-state index in [9.17, 15) is 0 Å². The highest BCUT2D eigenvalue weighted by Gasteiger charge is 2.03. The van der Waals surface area contributed by atoms with Crippen LogP contribution in [0.25, 0.3) is 0 Å². The number of methoxy groups -OCH3 is 1. The molecule has 0 aromatic carbocycles. The average Bonchev–Trinajstić information content (AvgIpc) is 2.16. The topological polar surface area (TPSA) is 35.0 Å². The van der Waals surface area contributed by atoms with Crippen molar-refractivity contribution in [3.8, 4) is 5.88 Å². The summed E-state index contributed by atoms with van der Waals surface area (Å²) in [6.45, 7) is 4.15. The van der Waals surface area contributed by atoms with Crippen molar-refractivity contribution in [2.24, 2.45) is 0 Å². The molecule has 0 spiro atoms. The fraction of sp³-hybridized carbons (Fsp3) is 0.556. The van der Waals surface area contributed by atoms with Gasteiger partial charge in [0.25, 0.3) is 0 Å². The van der Waals surface area contributed by atoms with Crippen molar-refractivity contribution in [1.29, 1.82) is 0 Å². The Hall–Kier alpha value is -1.12. The van der Waals surface area contributed by atoms with Gasteiger partial charge in [0.05, 0.1) is 24.7 Å². The lowest BCUT2D eigenvalue weighted by Crippen LogP contribution is -2.00. The molecule has 1 aromatic rings. The molecule has 0 aliphatic carbocycles. The zero-order valence-electron chi connectivity index (χ0n) is 7.79. The summed E-state index contributed by atoms with van der Waals surface area (Å²) in [5, 5.41) is 0. The van der Waals surface area contributed by atoms with Gasteiger partial charge in [-0.15, -0.1) is 0 Å². The van der Waals surface area contributed by atoms with Crippen LogP contribution in [0.15, 0.2) is 6.20 Å². The Bertz CT molecular complexity index is 261. The van der Waals surface area contributed by atoms with Crippen molar-refractivity contribution in [2.45, 2.75) is 26.7 Å². The van der Waals surface area contributed by atoms with Crippen LogP contribution in [0.4, 0.5) is 0 Å². The van der Waals surface area contributed by atoms with Gasteiger partial charge in [0, 0.05) is 0 Å². The molecule has 0 saturated carbocycles. The van der Waals surface area contributed by atoms with E-state index in [0.717, 1.165) is 24.2 Å². The fourth-order valence-corrected chi connectivity index (χ4v) is 1.11. The molecule has 0 aliphatic rings. The first-order chi connectivity index (χ1) is 5.81. The van der Waals surface area contributed by atoms with Crippen LogP contribution in [0.3, 0.4) is 0 Å². The Labute approximate surface area is 72.8 Å². The Morgan fingerprint density at radius 3 is 2.42 bits per heavy atom. The van der Waals surface area contributed by atoms with Gasteiger partial charge in [-0.1, -0.05) is 13.8 Å².